The fraction of sp³-hybridized carbons (Fsp3) is 0.714. The molecule has 0 aliphatic carbocycles. The molecule has 0 saturated carbocycles. The van der Waals surface area contributed by atoms with Crippen molar-refractivity contribution in [3.05, 3.63) is 18.0 Å². The van der Waals surface area contributed by atoms with E-state index in [4.69, 9.17) is 9.47 Å². The second-order valence-electron chi connectivity index (χ2n) is 5.54. The Morgan fingerprint density at radius 3 is 2.89 bits per heavy atom. The third kappa shape index (κ3) is 2.44. The monoisotopic (exact) mass is 264 g/mol. The number of carbonyl (C=O) groups is 1. The minimum Gasteiger partial charge on any atom is -0.381 e. The molecule has 1 aromatic rings. The molecule has 3 rings (SSSR count). The molecular formula is C14H20N2O3. The Bertz CT molecular complexity index is 458. The molecule has 0 radical (unpaired) electrons. The van der Waals surface area contributed by atoms with E-state index >= 15 is 0 Å². The molecule has 5 heteroatoms. The number of Topliss-reactive ketones (excluding diaryl/α,β-unsaturated/α-hetero) is 1. The van der Waals surface area contributed by atoms with Crippen LogP contribution in [0.1, 0.15) is 36.2 Å². The van der Waals surface area contributed by atoms with Gasteiger partial charge in [-0.25, -0.2) is 0 Å². The van der Waals surface area contributed by atoms with Crippen LogP contribution < -0.4 is 0 Å². The van der Waals surface area contributed by atoms with E-state index in [1.54, 1.807) is 16.9 Å². The summed E-state index contributed by atoms with van der Waals surface area (Å²) in [5.74, 6) is 0.261. The minimum absolute atomic E-state index is 0.0576. The Morgan fingerprint density at radius 2 is 2.21 bits per heavy atom. The fourth-order valence-electron chi connectivity index (χ4n) is 3.17. The van der Waals surface area contributed by atoms with Gasteiger partial charge in [0.2, 0.25) is 0 Å². The zero-order chi connectivity index (χ0) is 13.3. The molecule has 1 atom stereocenters. The van der Waals surface area contributed by atoms with E-state index in [2.05, 4.69) is 5.10 Å². The van der Waals surface area contributed by atoms with Crippen LogP contribution in [-0.2, 0) is 16.5 Å². The predicted molar refractivity (Wildman–Crippen MR) is 69.0 cm³/mol. The van der Waals surface area contributed by atoms with Gasteiger partial charge in [-0.2, -0.15) is 5.10 Å². The number of carbonyl (C=O) groups excluding carboxylic acids is 1. The number of aromatic nitrogens is 2. The molecule has 2 fully saturated rings. The van der Waals surface area contributed by atoms with Crippen molar-refractivity contribution < 1.29 is 14.3 Å². The average molecular weight is 264 g/mol. The standard InChI is InChI=1S/C14H20N2O3/c1-16-12(2-6-15-16)13(17)11-3-7-19-14(10-11)4-8-18-9-5-14/h2,6,11H,3-5,7-10H2,1H3. The van der Waals surface area contributed by atoms with E-state index in [-0.39, 0.29) is 17.3 Å². The number of rotatable bonds is 2. The lowest BCUT2D eigenvalue weighted by Gasteiger charge is -2.42. The lowest BCUT2D eigenvalue weighted by molar-refractivity contribution is -0.142. The van der Waals surface area contributed by atoms with Crippen LogP contribution in [0.3, 0.4) is 0 Å². The van der Waals surface area contributed by atoms with Crippen molar-refractivity contribution in [2.24, 2.45) is 13.0 Å². The minimum atomic E-state index is -0.130. The summed E-state index contributed by atoms with van der Waals surface area (Å²) >= 11 is 0. The largest absolute Gasteiger partial charge is 0.381 e. The third-order valence-electron chi connectivity index (χ3n) is 4.34. The molecule has 2 aliphatic rings. The van der Waals surface area contributed by atoms with Gasteiger partial charge in [-0.15, -0.1) is 0 Å². The summed E-state index contributed by atoms with van der Waals surface area (Å²) in [5.41, 5.74) is 0.573. The van der Waals surface area contributed by atoms with Crippen LogP contribution in [0.15, 0.2) is 12.3 Å². The summed E-state index contributed by atoms with van der Waals surface area (Å²) in [6, 6.07) is 1.80. The first-order chi connectivity index (χ1) is 9.20. The average Bonchev–Trinajstić information content (AvgIpc) is 2.85. The number of ether oxygens (including phenoxy) is 2. The normalized spacial score (nSPS) is 26.5. The maximum Gasteiger partial charge on any atom is 0.184 e. The van der Waals surface area contributed by atoms with Gasteiger partial charge in [-0.1, -0.05) is 0 Å². The number of hydrogen-bond acceptors (Lipinski definition) is 4. The molecule has 0 aromatic carbocycles. The van der Waals surface area contributed by atoms with E-state index in [1.807, 2.05) is 7.05 Å². The molecule has 2 saturated heterocycles. The van der Waals surface area contributed by atoms with Gasteiger partial charge in [-0.05, 0) is 31.7 Å². The summed E-state index contributed by atoms with van der Waals surface area (Å²) < 4.78 is 13.0. The third-order valence-corrected chi connectivity index (χ3v) is 4.34. The van der Waals surface area contributed by atoms with E-state index in [0.29, 0.717) is 12.3 Å². The molecule has 0 bridgehead atoms. The van der Waals surface area contributed by atoms with Crippen LogP contribution in [0.4, 0.5) is 0 Å². The van der Waals surface area contributed by atoms with Crippen LogP contribution >= 0.6 is 0 Å². The van der Waals surface area contributed by atoms with E-state index < -0.39 is 0 Å². The first-order valence-electron chi connectivity index (χ1n) is 6.94. The van der Waals surface area contributed by atoms with Crippen LogP contribution in [0.2, 0.25) is 0 Å². The quantitative estimate of drug-likeness (QED) is 0.761. The van der Waals surface area contributed by atoms with E-state index in [0.717, 1.165) is 38.9 Å². The maximum atomic E-state index is 12.6. The lowest BCUT2D eigenvalue weighted by Crippen LogP contribution is -2.46. The SMILES string of the molecule is Cn1nccc1C(=O)C1CCOC2(CCOCC2)C1. The van der Waals surface area contributed by atoms with Gasteiger partial charge in [0.25, 0.3) is 0 Å². The van der Waals surface area contributed by atoms with E-state index in [1.165, 1.54) is 0 Å². The van der Waals surface area contributed by atoms with Gasteiger partial charge in [0.15, 0.2) is 5.78 Å². The van der Waals surface area contributed by atoms with Crippen molar-refractivity contribution in [3.63, 3.8) is 0 Å². The summed E-state index contributed by atoms with van der Waals surface area (Å²) in [6.45, 7) is 2.16. The molecule has 1 spiro atoms. The Labute approximate surface area is 112 Å². The van der Waals surface area contributed by atoms with Crippen LogP contribution in [-0.4, -0.2) is 41.0 Å². The van der Waals surface area contributed by atoms with Crippen molar-refractivity contribution in [1.29, 1.82) is 0 Å². The predicted octanol–water partition coefficient (Wildman–Crippen LogP) is 1.58. The molecule has 0 N–H and O–H groups in total. The molecule has 1 unspecified atom stereocenters. The second kappa shape index (κ2) is 5.06. The van der Waals surface area contributed by atoms with Crippen molar-refractivity contribution in [3.8, 4) is 0 Å². The Hall–Kier alpha value is -1.20. The van der Waals surface area contributed by atoms with Crippen molar-refractivity contribution in [2.75, 3.05) is 19.8 Å². The Balaban J connectivity index is 1.74. The topological polar surface area (TPSA) is 53.4 Å². The van der Waals surface area contributed by atoms with Crippen molar-refractivity contribution in [2.45, 2.75) is 31.3 Å². The second-order valence-corrected chi connectivity index (χ2v) is 5.54. The van der Waals surface area contributed by atoms with Crippen molar-refractivity contribution in [1.82, 2.24) is 9.78 Å². The van der Waals surface area contributed by atoms with Gasteiger partial charge in [0.05, 0.1) is 5.60 Å². The Kier molecular flexibility index (Phi) is 3.41. The molecular weight excluding hydrogens is 244 g/mol. The van der Waals surface area contributed by atoms with Crippen LogP contribution in [0.25, 0.3) is 0 Å². The van der Waals surface area contributed by atoms with Gasteiger partial charge in [0, 0.05) is 39.0 Å². The van der Waals surface area contributed by atoms with Gasteiger partial charge in [0.1, 0.15) is 5.69 Å². The van der Waals surface area contributed by atoms with Crippen molar-refractivity contribution >= 4 is 5.78 Å². The summed E-state index contributed by atoms with van der Waals surface area (Å²) in [5, 5.41) is 4.08. The molecule has 1 aromatic heterocycles. The highest BCUT2D eigenvalue weighted by atomic mass is 16.5. The molecule has 19 heavy (non-hydrogen) atoms. The molecule has 3 heterocycles. The summed E-state index contributed by atoms with van der Waals surface area (Å²) in [6.07, 6.45) is 5.12. The van der Waals surface area contributed by atoms with E-state index in [9.17, 15) is 4.79 Å². The lowest BCUT2D eigenvalue weighted by atomic mass is 9.78. The summed E-state index contributed by atoms with van der Waals surface area (Å²) in [7, 11) is 1.82. The fourth-order valence-corrected chi connectivity index (χ4v) is 3.17. The molecule has 5 nitrogen and oxygen atoms in total. The first-order valence-corrected chi connectivity index (χ1v) is 6.94. The van der Waals surface area contributed by atoms with Crippen LogP contribution in [0, 0.1) is 5.92 Å². The van der Waals surface area contributed by atoms with Crippen LogP contribution in [0.5, 0.6) is 0 Å². The number of aryl methyl sites for hydroxylation is 1. The first kappa shape index (κ1) is 12.8. The zero-order valence-electron chi connectivity index (χ0n) is 11.3. The molecule has 104 valence electrons. The Morgan fingerprint density at radius 1 is 1.42 bits per heavy atom. The zero-order valence-corrected chi connectivity index (χ0v) is 11.3. The molecule has 2 aliphatic heterocycles. The molecule has 0 amide bonds. The smallest absolute Gasteiger partial charge is 0.184 e. The highest BCUT2D eigenvalue weighted by Crippen LogP contribution is 2.38. The number of nitrogens with zero attached hydrogens (tertiary/aromatic N) is 2. The number of hydrogen-bond donors (Lipinski definition) is 0. The number of ketones is 1. The van der Waals surface area contributed by atoms with Gasteiger partial charge < -0.3 is 9.47 Å². The van der Waals surface area contributed by atoms with Gasteiger partial charge in [-0.3, -0.25) is 9.48 Å². The van der Waals surface area contributed by atoms with Gasteiger partial charge >= 0.3 is 0 Å². The highest BCUT2D eigenvalue weighted by molar-refractivity contribution is 5.96. The highest BCUT2D eigenvalue weighted by Gasteiger charge is 2.41. The maximum absolute atomic E-state index is 12.6. The summed E-state index contributed by atoms with van der Waals surface area (Å²) in [4.78, 5) is 12.6.